The van der Waals surface area contributed by atoms with Gasteiger partial charge in [0.05, 0.1) is 11.6 Å². The molecule has 0 spiro atoms. The maximum atomic E-state index is 11.4. The van der Waals surface area contributed by atoms with Crippen molar-refractivity contribution >= 4 is 0 Å². The van der Waals surface area contributed by atoms with Gasteiger partial charge in [0.15, 0.2) is 0 Å². The minimum Gasteiger partial charge on any atom is -0.473 e. The second-order valence-electron chi connectivity index (χ2n) is 3.77. The van der Waals surface area contributed by atoms with Crippen LogP contribution in [-0.2, 0) is 13.7 Å². The number of nitriles is 1. The van der Waals surface area contributed by atoms with Gasteiger partial charge in [0.2, 0.25) is 5.88 Å². The summed E-state index contributed by atoms with van der Waals surface area (Å²) < 4.78 is 6.90. The van der Waals surface area contributed by atoms with Gasteiger partial charge in [-0.05, 0) is 17.7 Å². The van der Waals surface area contributed by atoms with Crippen molar-refractivity contribution in [2.24, 2.45) is 7.05 Å². The molecule has 0 N–H and O–H groups in total. The average Bonchev–Trinajstić information content (AvgIpc) is 2.40. The number of ether oxygens (including phenoxy) is 1. The SMILES string of the molecule is Cn1ccc(COc2cc(C#N)ccn2)cc1=O. The van der Waals surface area contributed by atoms with Gasteiger partial charge in [-0.1, -0.05) is 0 Å². The Morgan fingerprint density at radius 2 is 2.28 bits per heavy atom. The summed E-state index contributed by atoms with van der Waals surface area (Å²) in [5.74, 6) is 0.370. The Bertz CT molecular complexity index is 656. The first kappa shape index (κ1) is 11.9. The summed E-state index contributed by atoms with van der Waals surface area (Å²) in [6, 6.07) is 8.48. The van der Waals surface area contributed by atoms with E-state index in [1.54, 1.807) is 31.4 Å². The fourth-order valence-electron chi connectivity index (χ4n) is 1.39. The molecule has 2 rings (SSSR count). The maximum absolute atomic E-state index is 11.4. The highest BCUT2D eigenvalue weighted by Gasteiger charge is 2.00. The van der Waals surface area contributed by atoms with Crippen LogP contribution >= 0.6 is 0 Å². The van der Waals surface area contributed by atoms with E-state index in [-0.39, 0.29) is 12.2 Å². The molecule has 0 bridgehead atoms. The predicted octanol–water partition coefficient (Wildman–Crippen LogP) is 1.23. The molecule has 0 amide bonds. The van der Waals surface area contributed by atoms with Gasteiger partial charge < -0.3 is 9.30 Å². The van der Waals surface area contributed by atoms with Crippen LogP contribution in [0.3, 0.4) is 0 Å². The van der Waals surface area contributed by atoms with E-state index >= 15 is 0 Å². The standard InChI is InChI=1S/C13H11N3O2/c1-16-5-3-11(7-13(16)17)9-18-12-6-10(8-14)2-4-15-12/h2-7H,9H2,1H3. The van der Waals surface area contributed by atoms with Crippen molar-refractivity contribution in [1.82, 2.24) is 9.55 Å². The highest BCUT2D eigenvalue weighted by Crippen LogP contribution is 2.10. The second kappa shape index (κ2) is 5.15. The van der Waals surface area contributed by atoms with Crippen molar-refractivity contribution in [3.63, 3.8) is 0 Å². The molecule has 5 heteroatoms. The Kier molecular flexibility index (Phi) is 3.39. The Labute approximate surface area is 104 Å². The first-order valence-electron chi connectivity index (χ1n) is 5.33. The van der Waals surface area contributed by atoms with Crippen molar-refractivity contribution < 1.29 is 4.74 Å². The molecular weight excluding hydrogens is 230 g/mol. The normalized spacial score (nSPS) is 9.78. The fraction of sp³-hybridized carbons (Fsp3) is 0.154. The lowest BCUT2D eigenvalue weighted by molar-refractivity contribution is 0.293. The highest BCUT2D eigenvalue weighted by molar-refractivity contribution is 5.31. The van der Waals surface area contributed by atoms with E-state index in [1.165, 1.54) is 16.8 Å². The molecule has 0 saturated carbocycles. The topological polar surface area (TPSA) is 67.9 Å². The third-order valence-corrected chi connectivity index (χ3v) is 2.42. The molecule has 90 valence electrons. The van der Waals surface area contributed by atoms with Gasteiger partial charge in [-0.25, -0.2) is 4.98 Å². The van der Waals surface area contributed by atoms with Crippen LogP contribution < -0.4 is 10.3 Å². The monoisotopic (exact) mass is 241 g/mol. The summed E-state index contributed by atoms with van der Waals surface area (Å²) >= 11 is 0. The lowest BCUT2D eigenvalue weighted by Gasteiger charge is -2.05. The van der Waals surface area contributed by atoms with Crippen LogP contribution in [0, 0.1) is 11.3 Å². The molecule has 2 aromatic heterocycles. The van der Waals surface area contributed by atoms with Gasteiger partial charge in [0.1, 0.15) is 6.61 Å². The van der Waals surface area contributed by atoms with Crippen LogP contribution in [0.1, 0.15) is 11.1 Å². The van der Waals surface area contributed by atoms with Gasteiger partial charge in [0, 0.05) is 31.6 Å². The summed E-state index contributed by atoms with van der Waals surface area (Å²) in [6.07, 6.45) is 3.19. The minimum absolute atomic E-state index is 0.0881. The molecule has 0 saturated heterocycles. The molecule has 5 nitrogen and oxygen atoms in total. The van der Waals surface area contributed by atoms with Crippen LogP contribution in [-0.4, -0.2) is 9.55 Å². The van der Waals surface area contributed by atoms with E-state index in [0.717, 1.165) is 5.56 Å². The zero-order valence-electron chi connectivity index (χ0n) is 9.83. The molecule has 0 aliphatic heterocycles. The van der Waals surface area contributed by atoms with E-state index in [4.69, 9.17) is 10.00 Å². The zero-order chi connectivity index (χ0) is 13.0. The van der Waals surface area contributed by atoms with Crippen LogP contribution in [0.5, 0.6) is 5.88 Å². The van der Waals surface area contributed by atoms with Crippen LogP contribution in [0.2, 0.25) is 0 Å². The first-order valence-corrected chi connectivity index (χ1v) is 5.33. The molecule has 0 radical (unpaired) electrons. The number of rotatable bonds is 3. The number of aromatic nitrogens is 2. The summed E-state index contributed by atoms with van der Waals surface area (Å²) in [6.45, 7) is 0.248. The van der Waals surface area contributed by atoms with Crippen LogP contribution in [0.4, 0.5) is 0 Å². The molecule has 0 aliphatic rings. The van der Waals surface area contributed by atoms with Crippen LogP contribution in [0.15, 0.2) is 41.5 Å². The van der Waals surface area contributed by atoms with Gasteiger partial charge in [-0.15, -0.1) is 0 Å². The molecule has 18 heavy (non-hydrogen) atoms. The molecule has 2 heterocycles. The number of aryl methyl sites for hydroxylation is 1. The van der Waals surface area contributed by atoms with Crippen molar-refractivity contribution in [3.05, 3.63) is 58.1 Å². The molecule has 0 unspecified atom stereocenters. The summed E-state index contributed by atoms with van der Waals surface area (Å²) in [5, 5.41) is 8.74. The Morgan fingerprint density at radius 3 is 3.00 bits per heavy atom. The molecule has 0 aliphatic carbocycles. The Morgan fingerprint density at radius 1 is 1.44 bits per heavy atom. The number of nitrogens with zero attached hydrogens (tertiary/aromatic N) is 3. The van der Waals surface area contributed by atoms with E-state index in [1.807, 2.05) is 6.07 Å². The van der Waals surface area contributed by atoms with Gasteiger partial charge >= 0.3 is 0 Å². The third kappa shape index (κ3) is 2.74. The van der Waals surface area contributed by atoms with E-state index in [0.29, 0.717) is 11.4 Å². The molecule has 0 atom stereocenters. The number of hydrogen-bond acceptors (Lipinski definition) is 4. The summed E-state index contributed by atoms with van der Waals surface area (Å²) in [7, 11) is 1.69. The largest absolute Gasteiger partial charge is 0.473 e. The van der Waals surface area contributed by atoms with Crippen molar-refractivity contribution in [2.45, 2.75) is 6.61 Å². The first-order chi connectivity index (χ1) is 8.69. The maximum Gasteiger partial charge on any atom is 0.250 e. The average molecular weight is 241 g/mol. The summed E-state index contributed by atoms with van der Waals surface area (Å²) in [4.78, 5) is 15.4. The number of pyridine rings is 2. The zero-order valence-corrected chi connectivity index (χ0v) is 9.83. The van der Waals surface area contributed by atoms with Gasteiger partial charge in [0.25, 0.3) is 5.56 Å². The van der Waals surface area contributed by atoms with Gasteiger partial charge in [-0.2, -0.15) is 5.26 Å². The van der Waals surface area contributed by atoms with Gasteiger partial charge in [-0.3, -0.25) is 4.79 Å². The van der Waals surface area contributed by atoms with E-state index in [9.17, 15) is 4.79 Å². The number of hydrogen-bond donors (Lipinski definition) is 0. The molecule has 2 aromatic rings. The van der Waals surface area contributed by atoms with Crippen molar-refractivity contribution in [3.8, 4) is 11.9 Å². The van der Waals surface area contributed by atoms with Crippen molar-refractivity contribution in [2.75, 3.05) is 0 Å². The third-order valence-electron chi connectivity index (χ3n) is 2.42. The van der Waals surface area contributed by atoms with Crippen molar-refractivity contribution in [1.29, 1.82) is 5.26 Å². The minimum atomic E-state index is -0.0881. The molecule has 0 fully saturated rings. The molecule has 0 aromatic carbocycles. The van der Waals surface area contributed by atoms with E-state index in [2.05, 4.69) is 4.98 Å². The fourth-order valence-corrected chi connectivity index (χ4v) is 1.39. The Balaban J connectivity index is 2.09. The quantitative estimate of drug-likeness (QED) is 0.810. The second-order valence-corrected chi connectivity index (χ2v) is 3.77. The lowest BCUT2D eigenvalue weighted by Crippen LogP contribution is -2.15. The van der Waals surface area contributed by atoms with E-state index < -0.39 is 0 Å². The lowest BCUT2D eigenvalue weighted by atomic mass is 10.3. The Hall–Kier alpha value is -2.61. The van der Waals surface area contributed by atoms with Crippen LogP contribution in [0.25, 0.3) is 0 Å². The molecular formula is C13H11N3O2. The highest BCUT2D eigenvalue weighted by atomic mass is 16.5. The smallest absolute Gasteiger partial charge is 0.250 e. The summed E-state index contributed by atoms with van der Waals surface area (Å²) in [5.41, 5.74) is 1.17. The predicted molar refractivity (Wildman–Crippen MR) is 65.0 cm³/mol.